The predicted molar refractivity (Wildman–Crippen MR) is 74.6 cm³/mol. The Morgan fingerprint density at radius 1 is 1.45 bits per heavy atom. The van der Waals surface area contributed by atoms with E-state index in [0.717, 1.165) is 23.0 Å². The fraction of sp³-hybridized carbons (Fsp3) is 0.375. The van der Waals surface area contributed by atoms with Crippen LogP contribution in [0.4, 0.5) is 0 Å². The first-order valence-corrected chi connectivity index (χ1v) is 6.78. The molecule has 0 radical (unpaired) electrons. The highest BCUT2D eigenvalue weighted by Crippen LogP contribution is 2.42. The first-order chi connectivity index (χ1) is 9.66. The Morgan fingerprint density at radius 3 is 2.85 bits per heavy atom. The van der Waals surface area contributed by atoms with Gasteiger partial charge in [-0.3, -0.25) is 4.79 Å². The zero-order chi connectivity index (χ0) is 14.2. The van der Waals surface area contributed by atoms with Crippen LogP contribution in [0.5, 0.6) is 0 Å². The normalized spacial score (nSPS) is 16.4. The second kappa shape index (κ2) is 4.68. The number of nitrogens with zero attached hydrogens (tertiary/aromatic N) is 2. The summed E-state index contributed by atoms with van der Waals surface area (Å²) in [4.78, 5) is 14.1. The number of carbonyl (C=O) groups is 1. The minimum absolute atomic E-state index is 0.0727. The molecule has 1 aromatic carbocycles. The van der Waals surface area contributed by atoms with Gasteiger partial charge in [-0.1, -0.05) is 18.2 Å². The largest absolute Gasteiger partial charge is 0.464 e. The van der Waals surface area contributed by atoms with E-state index in [0.29, 0.717) is 19.4 Å². The molecular weight excluding hydrogens is 252 g/mol. The molecule has 1 fully saturated rings. The van der Waals surface area contributed by atoms with E-state index in [1.807, 2.05) is 24.3 Å². The lowest BCUT2D eigenvalue weighted by Gasteiger charge is -2.36. The molecule has 1 aliphatic rings. The van der Waals surface area contributed by atoms with Gasteiger partial charge < -0.3 is 9.32 Å². The minimum atomic E-state index is -0.783. The molecule has 0 unspecified atom stereocenters. The van der Waals surface area contributed by atoms with Crippen LogP contribution in [0.3, 0.4) is 0 Å². The van der Waals surface area contributed by atoms with Crippen LogP contribution in [-0.2, 0) is 11.3 Å². The summed E-state index contributed by atoms with van der Waals surface area (Å²) < 4.78 is 5.48. The quantitative estimate of drug-likeness (QED) is 0.859. The van der Waals surface area contributed by atoms with Crippen LogP contribution >= 0.6 is 0 Å². The predicted octanol–water partition coefficient (Wildman–Crippen LogP) is 3.09. The molecule has 0 aliphatic heterocycles. The van der Waals surface area contributed by atoms with Crippen LogP contribution in [0, 0.1) is 16.7 Å². The fourth-order valence-electron chi connectivity index (χ4n) is 2.75. The van der Waals surface area contributed by atoms with Gasteiger partial charge in [0.1, 0.15) is 11.0 Å². The van der Waals surface area contributed by atoms with Crippen LogP contribution in [-0.4, -0.2) is 17.9 Å². The number of hydrogen-bond donors (Lipinski definition) is 0. The molecule has 0 spiro atoms. The van der Waals surface area contributed by atoms with E-state index >= 15 is 0 Å². The number of hydrogen-bond acceptors (Lipinski definition) is 3. The topological polar surface area (TPSA) is 57.2 Å². The number of furan rings is 1. The van der Waals surface area contributed by atoms with Crippen molar-refractivity contribution in [2.45, 2.75) is 25.8 Å². The van der Waals surface area contributed by atoms with E-state index < -0.39 is 5.41 Å². The van der Waals surface area contributed by atoms with Gasteiger partial charge in [0, 0.05) is 24.5 Å². The summed E-state index contributed by atoms with van der Waals surface area (Å²) in [6.45, 7) is 0.472. The molecule has 1 aliphatic carbocycles. The SMILES string of the molecule is CN(Cc1coc2ccccc12)C(=O)C1(C#N)CCC1. The molecule has 1 heterocycles. The molecule has 1 saturated carbocycles. The van der Waals surface area contributed by atoms with Crippen molar-refractivity contribution < 1.29 is 9.21 Å². The van der Waals surface area contributed by atoms with Crippen molar-refractivity contribution in [1.82, 2.24) is 4.90 Å². The Balaban J connectivity index is 1.81. The lowest BCUT2D eigenvalue weighted by atomic mass is 9.69. The van der Waals surface area contributed by atoms with Gasteiger partial charge in [0.2, 0.25) is 5.91 Å². The van der Waals surface area contributed by atoms with Gasteiger partial charge in [-0.15, -0.1) is 0 Å². The van der Waals surface area contributed by atoms with Gasteiger partial charge >= 0.3 is 0 Å². The summed E-state index contributed by atoms with van der Waals surface area (Å²) in [5.74, 6) is -0.0727. The lowest BCUT2D eigenvalue weighted by Crippen LogP contribution is -2.45. The highest BCUT2D eigenvalue weighted by Gasteiger charge is 2.46. The fourth-order valence-corrected chi connectivity index (χ4v) is 2.75. The molecule has 20 heavy (non-hydrogen) atoms. The van der Waals surface area contributed by atoms with Gasteiger partial charge in [-0.2, -0.15) is 5.26 Å². The molecule has 1 amide bonds. The molecule has 0 N–H and O–H groups in total. The Hall–Kier alpha value is -2.28. The third-order valence-electron chi connectivity index (χ3n) is 4.15. The molecule has 3 rings (SSSR count). The van der Waals surface area contributed by atoms with Gasteiger partial charge in [0.05, 0.1) is 12.3 Å². The number of rotatable bonds is 3. The van der Waals surface area contributed by atoms with E-state index in [1.54, 1.807) is 18.2 Å². The summed E-state index contributed by atoms with van der Waals surface area (Å²) in [5, 5.41) is 10.3. The van der Waals surface area contributed by atoms with E-state index in [2.05, 4.69) is 6.07 Å². The van der Waals surface area contributed by atoms with Crippen molar-refractivity contribution in [3.05, 3.63) is 36.1 Å². The number of fused-ring (bicyclic) bond motifs is 1. The second-order valence-electron chi connectivity index (χ2n) is 5.47. The van der Waals surface area contributed by atoms with Crippen molar-refractivity contribution in [3.63, 3.8) is 0 Å². The molecule has 4 nitrogen and oxygen atoms in total. The first-order valence-electron chi connectivity index (χ1n) is 6.78. The van der Waals surface area contributed by atoms with Crippen molar-refractivity contribution >= 4 is 16.9 Å². The molecule has 0 saturated heterocycles. The number of benzene rings is 1. The lowest BCUT2D eigenvalue weighted by molar-refractivity contribution is -0.142. The summed E-state index contributed by atoms with van der Waals surface area (Å²) >= 11 is 0. The average molecular weight is 268 g/mol. The molecule has 0 bridgehead atoms. The van der Waals surface area contributed by atoms with Crippen molar-refractivity contribution in [3.8, 4) is 6.07 Å². The molecule has 0 atom stereocenters. The third-order valence-corrected chi connectivity index (χ3v) is 4.15. The summed E-state index contributed by atoms with van der Waals surface area (Å²) in [7, 11) is 1.75. The van der Waals surface area contributed by atoms with Crippen molar-refractivity contribution in [2.75, 3.05) is 7.05 Å². The van der Waals surface area contributed by atoms with Crippen LogP contribution in [0.1, 0.15) is 24.8 Å². The molecule has 2 aromatic rings. The maximum absolute atomic E-state index is 12.4. The molecular formula is C16H16N2O2. The molecule has 102 valence electrons. The number of nitriles is 1. The summed E-state index contributed by atoms with van der Waals surface area (Å²) in [6.07, 6.45) is 4.01. The van der Waals surface area contributed by atoms with Crippen molar-refractivity contribution in [1.29, 1.82) is 5.26 Å². The number of amides is 1. The van der Waals surface area contributed by atoms with E-state index in [-0.39, 0.29) is 5.91 Å². The number of para-hydroxylation sites is 1. The highest BCUT2D eigenvalue weighted by atomic mass is 16.3. The summed E-state index contributed by atoms with van der Waals surface area (Å²) in [6, 6.07) is 9.96. The van der Waals surface area contributed by atoms with Gasteiger partial charge in [0.25, 0.3) is 0 Å². The Bertz CT molecular complexity index is 692. The van der Waals surface area contributed by atoms with Crippen molar-refractivity contribution in [2.24, 2.45) is 5.41 Å². The van der Waals surface area contributed by atoms with Gasteiger partial charge in [0.15, 0.2) is 0 Å². The Morgan fingerprint density at radius 2 is 2.20 bits per heavy atom. The van der Waals surface area contributed by atoms with Gasteiger partial charge in [-0.05, 0) is 25.3 Å². The minimum Gasteiger partial charge on any atom is -0.464 e. The third kappa shape index (κ3) is 1.87. The van der Waals surface area contributed by atoms with E-state index in [9.17, 15) is 10.1 Å². The number of carbonyl (C=O) groups excluding carboxylic acids is 1. The highest BCUT2D eigenvalue weighted by molar-refractivity contribution is 5.87. The molecule has 1 aromatic heterocycles. The Kier molecular flexibility index (Phi) is 2.98. The zero-order valence-corrected chi connectivity index (χ0v) is 11.4. The summed E-state index contributed by atoms with van der Waals surface area (Å²) in [5.41, 5.74) is 1.01. The first kappa shape index (κ1) is 12.7. The average Bonchev–Trinajstić information content (AvgIpc) is 2.81. The van der Waals surface area contributed by atoms with E-state index in [4.69, 9.17) is 4.42 Å². The maximum Gasteiger partial charge on any atom is 0.243 e. The van der Waals surface area contributed by atoms with Crippen LogP contribution in [0.2, 0.25) is 0 Å². The maximum atomic E-state index is 12.4. The molecule has 4 heteroatoms. The Labute approximate surface area is 117 Å². The smallest absolute Gasteiger partial charge is 0.243 e. The zero-order valence-electron chi connectivity index (χ0n) is 11.4. The standard InChI is InChI=1S/C16H16N2O2/c1-18(15(19)16(11-17)7-4-8-16)9-12-10-20-14-6-3-2-5-13(12)14/h2-3,5-6,10H,4,7-9H2,1H3. The second-order valence-corrected chi connectivity index (χ2v) is 5.47. The van der Waals surface area contributed by atoms with E-state index in [1.165, 1.54) is 0 Å². The van der Waals surface area contributed by atoms with Crippen LogP contribution < -0.4 is 0 Å². The monoisotopic (exact) mass is 268 g/mol. The van der Waals surface area contributed by atoms with Gasteiger partial charge in [-0.25, -0.2) is 0 Å². The van der Waals surface area contributed by atoms with Crippen LogP contribution in [0.15, 0.2) is 34.9 Å². The van der Waals surface area contributed by atoms with Crippen LogP contribution in [0.25, 0.3) is 11.0 Å².